The molecule has 1 heterocycles. The Bertz CT molecular complexity index is 675. The second kappa shape index (κ2) is 5.49. The SMILES string of the molecule is C[Si](C)(C)CS(=O)(=O)Cc1nnc(-c2ccccc2)o1. The minimum absolute atomic E-state index is 0.155. The fourth-order valence-electron chi connectivity index (χ4n) is 1.91. The van der Waals surface area contributed by atoms with Crippen LogP contribution in [0.2, 0.25) is 19.6 Å². The standard InChI is InChI=1S/C13H18N2O3SSi/c1-20(2,3)10-19(16,17)9-12-14-15-13(18-12)11-7-5-4-6-8-11/h4-8H,9-10H2,1-3H3. The summed E-state index contributed by atoms with van der Waals surface area (Å²) in [5.74, 6) is 0.322. The first-order chi connectivity index (χ1) is 9.25. The Balaban J connectivity index is 2.15. The number of rotatable bonds is 5. The second-order valence-electron chi connectivity index (χ2n) is 5.96. The van der Waals surface area contributed by atoms with Crippen molar-refractivity contribution in [3.05, 3.63) is 36.2 Å². The zero-order valence-corrected chi connectivity index (χ0v) is 13.6. The van der Waals surface area contributed by atoms with Crippen molar-refractivity contribution >= 4 is 17.9 Å². The van der Waals surface area contributed by atoms with Gasteiger partial charge in [0, 0.05) is 10.9 Å². The first-order valence-electron chi connectivity index (χ1n) is 6.33. The van der Waals surface area contributed by atoms with Crippen LogP contribution in [-0.4, -0.2) is 32.1 Å². The molecule has 1 aromatic carbocycles. The summed E-state index contributed by atoms with van der Waals surface area (Å²) in [4.78, 5) is 0. The maximum absolute atomic E-state index is 12.1. The van der Waals surface area contributed by atoms with Crippen LogP contribution in [-0.2, 0) is 15.6 Å². The third kappa shape index (κ3) is 4.28. The van der Waals surface area contributed by atoms with E-state index in [1.165, 1.54) is 0 Å². The molecule has 0 aliphatic rings. The van der Waals surface area contributed by atoms with Crippen LogP contribution in [0, 0.1) is 0 Å². The highest BCUT2D eigenvalue weighted by molar-refractivity contribution is 7.92. The lowest BCUT2D eigenvalue weighted by molar-refractivity contribution is 0.519. The van der Waals surface area contributed by atoms with Gasteiger partial charge >= 0.3 is 0 Å². The number of hydrogen-bond donors (Lipinski definition) is 0. The summed E-state index contributed by atoms with van der Waals surface area (Å²) in [5, 5.41) is 7.95. The van der Waals surface area contributed by atoms with Gasteiger partial charge in [0.2, 0.25) is 11.8 Å². The molecule has 0 amide bonds. The van der Waals surface area contributed by atoms with Crippen LogP contribution < -0.4 is 0 Å². The third-order valence-corrected chi connectivity index (χ3v) is 8.39. The number of hydrogen-bond acceptors (Lipinski definition) is 5. The topological polar surface area (TPSA) is 73.1 Å². The molecule has 0 N–H and O–H groups in total. The number of sulfone groups is 1. The lowest BCUT2D eigenvalue weighted by atomic mass is 10.2. The van der Waals surface area contributed by atoms with E-state index in [1.807, 2.05) is 50.0 Å². The summed E-state index contributed by atoms with van der Waals surface area (Å²) >= 11 is 0. The van der Waals surface area contributed by atoms with Crippen LogP contribution in [0.3, 0.4) is 0 Å². The van der Waals surface area contributed by atoms with E-state index in [1.54, 1.807) is 0 Å². The highest BCUT2D eigenvalue weighted by Crippen LogP contribution is 2.18. The first-order valence-corrected chi connectivity index (χ1v) is 11.9. The number of nitrogens with zero attached hydrogens (tertiary/aromatic N) is 2. The van der Waals surface area contributed by atoms with Crippen LogP contribution in [0.15, 0.2) is 34.7 Å². The van der Waals surface area contributed by atoms with Crippen molar-refractivity contribution in [3.8, 4) is 11.5 Å². The summed E-state index contributed by atoms with van der Waals surface area (Å²) in [6.45, 7) is 6.06. The van der Waals surface area contributed by atoms with E-state index in [9.17, 15) is 8.42 Å². The van der Waals surface area contributed by atoms with E-state index in [-0.39, 0.29) is 17.0 Å². The molecular formula is C13H18N2O3SSi. The normalized spacial score (nSPS) is 12.6. The molecule has 1 aromatic heterocycles. The van der Waals surface area contributed by atoms with E-state index in [2.05, 4.69) is 10.2 Å². The third-order valence-electron chi connectivity index (χ3n) is 2.48. The average molecular weight is 310 g/mol. The maximum atomic E-state index is 12.1. The molecule has 0 radical (unpaired) electrons. The molecule has 20 heavy (non-hydrogen) atoms. The molecule has 108 valence electrons. The molecule has 2 rings (SSSR count). The Morgan fingerprint density at radius 2 is 1.75 bits per heavy atom. The Kier molecular flexibility index (Phi) is 4.10. The highest BCUT2D eigenvalue weighted by atomic mass is 32.2. The van der Waals surface area contributed by atoms with Gasteiger partial charge in [0.1, 0.15) is 5.75 Å². The lowest BCUT2D eigenvalue weighted by Crippen LogP contribution is -2.32. The van der Waals surface area contributed by atoms with E-state index < -0.39 is 17.9 Å². The fourth-order valence-corrected chi connectivity index (χ4v) is 8.09. The average Bonchev–Trinajstić information content (AvgIpc) is 2.74. The van der Waals surface area contributed by atoms with E-state index in [0.29, 0.717) is 5.89 Å². The molecule has 0 fully saturated rings. The zero-order chi connectivity index (χ0) is 14.8. The van der Waals surface area contributed by atoms with Gasteiger partial charge in [-0.25, -0.2) is 8.42 Å². The molecular weight excluding hydrogens is 292 g/mol. The van der Waals surface area contributed by atoms with Crippen LogP contribution in [0.25, 0.3) is 11.5 Å². The van der Waals surface area contributed by atoms with Gasteiger partial charge in [-0.15, -0.1) is 10.2 Å². The van der Waals surface area contributed by atoms with Crippen LogP contribution >= 0.6 is 0 Å². The largest absolute Gasteiger partial charge is 0.420 e. The van der Waals surface area contributed by atoms with Crippen molar-refractivity contribution in [2.75, 3.05) is 5.38 Å². The molecule has 0 atom stereocenters. The van der Waals surface area contributed by atoms with Crippen molar-refractivity contribution in [2.24, 2.45) is 0 Å². The molecule has 2 aromatic rings. The predicted molar refractivity (Wildman–Crippen MR) is 80.6 cm³/mol. The molecule has 0 spiro atoms. The van der Waals surface area contributed by atoms with Crippen molar-refractivity contribution < 1.29 is 12.8 Å². The van der Waals surface area contributed by atoms with Gasteiger partial charge in [-0.1, -0.05) is 37.8 Å². The van der Waals surface area contributed by atoms with Crippen molar-refractivity contribution in [1.82, 2.24) is 10.2 Å². The summed E-state index contributed by atoms with van der Waals surface area (Å²) in [6, 6.07) is 9.29. The van der Waals surface area contributed by atoms with Gasteiger partial charge in [-0.2, -0.15) is 0 Å². The van der Waals surface area contributed by atoms with E-state index in [0.717, 1.165) is 5.56 Å². The molecule has 0 saturated heterocycles. The Labute approximate surface area is 120 Å². The zero-order valence-electron chi connectivity index (χ0n) is 11.8. The van der Waals surface area contributed by atoms with Crippen molar-refractivity contribution in [1.29, 1.82) is 0 Å². The van der Waals surface area contributed by atoms with Gasteiger partial charge in [0.05, 0.1) is 8.07 Å². The molecule has 7 heteroatoms. The van der Waals surface area contributed by atoms with Crippen LogP contribution in [0.1, 0.15) is 5.89 Å². The number of benzene rings is 1. The van der Waals surface area contributed by atoms with E-state index >= 15 is 0 Å². The maximum Gasteiger partial charge on any atom is 0.247 e. The fraction of sp³-hybridized carbons (Fsp3) is 0.385. The Hall–Kier alpha value is -1.47. The highest BCUT2D eigenvalue weighted by Gasteiger charge is 2.25. The summed E-state index contributed by atoms with van der Waals surface area (Å²) in [5.41, 5.74) is 0.786. The first kappa shape index (κ1) is 14.9. The van der Waals surface area contributed by atoms with Gasteiger partial charge in [-0.3, -0.25) is 0 Å². The van der Waals surface area contributed by atoms with Crippen LogP contribution in [0.4, 0.5) is 0 Å². The predicted octanol–water partition coefficient (Wildman–Crippen LogP) is 2.53. The van der Waals surface area contributed by atoms with Gasteiger partial charge in [0.25, 0.3) is 0 Å². The van der Waals surface area contributed by atoms with Crippen LogP contribution in [0.5, 0.6) is 0 Å². The van der Waals surface area contributed by atoms with Gasteiger partial charge in [0.15, 0.2) is 9.84 Å². The molecule has 0 bridgehead atoms. The number of aromatic nitrogens is 2. The summed E-state index contributed by atoms with van der Waals surface area (Å²) < 4.78 is 29.6. The minimum atomic E-state index is -3.20. The monoisotopic (exact) mass is 310 g/mol. The van der Waals surface area contributed by atoms with Gasteiger partial charge in [-0.05, 0) is 12.1 Å². The second-order valence-corrected chi connectivity index (χ2v) is 14.0. The van der Waals surface area contributed by atoms with E-state index in [4.69, 9.17) is 4.42 Å². The quantitative estimate of drug-likeness (QED) is 0.793. The molecule has 0 aliphatic heterocycles. The smallest absolute Gasteiger partial charge is 0.247 e. The lowest BCUT2D eigenvalue weighted by Gasteiger charge is -2.14. The summed E-state index contributed by atoms with van der Waals surface area (Å²) in [7, 11) is -4.88. The van der Waals surface area contributed by atoms with Gasteiger partial charge < -0.3 is 4.42 Å². The Morgan fingerprint density at radius 1 is 1.10 bits per heavy atom. The van der Waals surface area contributed by atoms with Crippen molar-refractivity contribution in [3.63, 3.8) is 0 Å². The molecule has 0 aliphatic carbocycles. The molecule has 0 unspecified atom stereocenters. The van der Waals surface area contributed by atoms with Crippen molar-refractivity contribution in [2.45, 2.75) is 25.4 Å². The molecule has 5 nitrogen and oxygen atoms in total. The Morgan fingerprint density at radius 3 is 2.35 bits per heavy atom. The minimum Gasteiger partial charge on any atom is -0.420 e. The summed E-state index contributed by atoms with van der Waals surface area (Å²) in [6.07, 6.45) is 0. The molecule has 0 saturated carbocycles.